The van der Waals surface area contributed by atoms with Gasteiger partial charge in [0, 0.05) is 23.4 Å². The smallest absolute Gasteiger partial charge is 0.335 e. The van der Waals surface area contributed by atoms with Gasteiger partial charge in [-0.25, -0.2) is 9.59 Å². The number of rotatable bonds is 4. The van der Waals surface area contributed by atoms with E-state index in [1.165, 1.54) is 11.1 Å². The number of carbonyl (C=O) groups excluding carboxylic acids is 1. The second-order valence-corrected chi connectivity index (χ2v) is 8.85. The number of piperidine rings is 1. The average molecular weight is 449 g/mol. The highest BCUT2D eigenvalue weighted by atomic mass is 16.5. The molecule has 174 valence electrons. The monoisotopic (exact) mass is 449 g/mol. The fourth-order valence-corrected chi connectivity index (χ4v) is 5.94. The van der Waals surface area contributed by atoms with E-state index in [9.17, 15) is 14.4 Å². The molecule has 1 spiro atoms. The number of ketones is 1. The lowest BCUT2D eigenvalue weighted by atomic mass is 9.52. The van der Waals surface area contributed by atoms with Crippen LogP contribution < -0.4 is 9.47 Å². The van der Waals surface area contributed by atoms with Gasteiger partial charge in [-0.2, -0.15) is 0 Å². The molecule has 2 aliphatic carbocycles. The molecule has 1 saturated carbocycles. The maximum atomic E-state index is 12.6. The van der Waals surface area contributed by atoms with Gasteiger partial charge in [0.2, 0.25) is 0 Å². The minimum absolute atomic E-state index is 0.0933. The lowest BCUT2D eigenvalue weighted by Gasteiger charge is -2.57. The van der Waals surface area contributed by atoms with Crippen molar-refractivity contribution < 1.29 is 44.3 Å². The summed E-state index contributed by atoms with van der Waals surface area (Å²) in [7, 11) is 3.91. The molecule has 2 bridgehead atoms. The predicted molar refractivity (Wildman–Crippen MR) is 109 cm³/mol. The van der Waals surface area contributed by atoms with Gasteiger partial charge in [0.05, 0.1) is 7.11 Å². The van der Waals surface area contributed by atoms with Gasteiger partial charge in [-0.3, -0.25) is 4.79 Å². The summed E-state index contributed by atoms with van der Waals surface area (Å²) in [6.07, 6.45) is -1.06. The first-order valence-corrected chi connectivity index (χ1v) is 10.5. The first-order chi connectivity index (χ1) is 15.1. The zero-order chi connectivity index (χ0) is 23.4. The molecule has 6 atom stereocenters. The zero-order valence-electron chi connectivity index (χ0n) is 17.9. The van der Waals surface area contributed by atoms with Crippen LogP contribution in [0, 0.1) is 5.92 Å². The van der Waals surface area contributed by atoms with E-state index in [2.05, 4.69) is 18.0 Å². The van der Waals surface area contributed by atoms with Gasteiger partial charge in [-0.1, -0.05) is 6.07 Å². The van der Waals surface area contributed by atoms with E-state index in [1.807, 2.05) is 6.07 Å². The predicted octanol–water partition coefficient (Wildman–Crippen LogP) is -0.189. The van der Waals surface area contributed by atoms with Gasteiger partial charge in [0.15, 0.2) is 35.6 Å². The van der Waals surface area contributed by atoms with Crippen molar-refractivity contribution in [2.45, 2.75) is 55.5 Å². The molecule has 0 aromatic heterocycles. The number of likely N-dealkylation sites (N-methyl/N-ethyl adjacent to an activating group) is 1. The first-order valence-electron chi connectivity index (χ1n) is 10.5. The van der Waals surface area contributed by atoms with Crippen LogP contribution in [0.15, 0.2) is 12.1 Å². The summed E-state index contributed by atoms with van der Waals surface area (Å²) < 4.78 is 11.8. The van der Waals surface area contributed by atoms with E-state index >= 15 is 0 Å². The molecule has 1 saturated heterocycles. The Kier molecular flexibility index (Phi) is 5.64. The molecule has 10 heteroatoms. The molecular formula is C22H27NO9. The molecule has 4 N–H and O–H groups in total. The van der Waals surface area contributed by atoms with Crippen LogP contribution in [0.4, 0.5) is 0 Å². The van der Waals surface area contributed by atoms with E-state index in [-0.39, 0.29) is 17.3 Å². The number of carboxylic acid groups (broad SMARTS) is 2. The molecule has 2 aliphatic heterocycles. The van der Waals surface area contributed by atoms with E-state index in [4.69, 9.17) is 29.9 Å². The third-order valence-corrected chi connectivity index (χ3v) is 7.40. The van der Waals surface area contributed by atoms with Gasteiger partial charge in [0.1, 0.15) is 0 Å². The van der Waals surface area contributed by atoms with Crippen LogP contribution in [0.3, 0.4) is 0 Å². The number of likely N-dealkylation sites (tertiary alicyclic amines) is 1. The largest absolute Gasteiger partial charge is 0.493 e. The Bertz CT molecular complexity index is 945. The summed E-state index contributed by atoms with van der Waals surface area (Å²) in [6, 6.07) is 4.73. The quantitative estimate of drug-likeness (QED) is 0.486. The van der Waals surface area contributed by atoms with Crippen LogP contribution in [-0.2, 0) is 26.2 Å². The van der Waals surface area contributed by atoms with E-state index in [0.717, 1.165) is 37.3 Å². The molecule has 2 fully saturated rings. The molecule has 32 heavy (non-hydrogen) atoms. The molecule has 0 radical (unpaired) electrons. The Labute approximate surface area is 184 Å². The van der Waals surface area contributed by atoms with Crippen LogP contribution >= 0.6 is 0 Å². The zero-order valence-corrected chi connectivity index (χ0v) is 17.9. The standard InChI is InChI=1S/C18H21NO3.C4H6O6/c1-19-8-7-18-11-4-5-13(20)17(18)22-16-14(21-2)6-3-10(15(16)18)9-12(11)19;5-1(3(7)8)2(6)4(9)10/h3,6,11-12,17H,4-5,7-9H2,1-2H3;1-2,5-6H,(H,7,8)(H,9,10)/t11-,12+,17-,18-;/m0./s1. The van der Waals surface area contributed by atoms with Crippen molar-refractivity contribution in [2.24, 2.45) is 5.92 Å². The highest BCUT2D eigenvalue weighted by Gasteiger charge is 2.65. The van der Waals surface area contributed by atoms with Gasteiger partial charge < -0.3 is 34.8 Å². The number of ether oxygens (including phenoxy) is 2. The number of carboxylic acids is 2. The van der Waals surface area contributed by atoms with Crippen molar-refractivity contribution in [3.8, 4) is 11.5 Å². The van der Waals surface area contributed by atoms with Crippen molar-refractivity contribution in [3.63, 3.8) is 0 Å². The number of benzene rings is 1. The van der Waals surface area contributed by atoms with Crippen molar-refractivity contribution in [1.82, 2.24) is 4.90 Å². The fourth-order valence-electron chi connectivity index (χ4n) is 5.94. The molecule has 0 amide bonds. The van der Waals surface area contributed by atoms with Crippen molar-refractivity contribution in [2.75, 3.05) is 20.7 Å². The summed E-state index contributed by atoms with van der Waals surface area (Å²) in [5.74, 6) is -1.08. The number of aliphatic hydroxyl groups excluding tert-OH is 2. The Morgan fingerprint density at radius 1 is 1.22 bits per heavy atom. The maximum Gasteiger partial charge on any atom is 0.335 e. The van der Waals surface area contributed by atoms with Gasteiger partial charge in [0.25, 0.3) is 0 Å². The Morgan fingerprint density at radius 3 is 2.47 bits per heavy atom. The highest BCUT2D eigenvalue weighted by molar-refractivity contribution is 5.89. The maximum absolute atomic E-state index is 12.6. The molecule has 1 aromatic carbocycles. The fraction of sp³-hybridized carbons (Fsp3) is 0.591. The number of hydrogen-bond acceptors (Lipinski definition) is 8. The number of methoxy groups -OCH3 is 1. The third-order valence-electron chi connectivity index (χ3n) is 7.40. The van der Waals surface area contributed by atoms with Crippen LogP contribution in [0.25, 0.3) is 0 Å². The van der Waals surface area contributed by atoms with Crippen LogP contribution in [0.2, 0.25) is 0 Å². The number of nitrogens with zero attached hydrogens (tertiary/aromatic N) is 1. The Balaban J connectivity index is 0.000000211. The molecule has 2 unspecified atom stereocenters. The molecule has 10 nitrogen and oxygen atoms in total. The van der Waals surface area contributed by atoms with Gasteiger partial charge in [-0.05, 0) is 50.4 Å². The summed E-state index contributed by atoms with van der Waals surface area (Å²) in [6.45, 7) is 1.05. The number of carbonyl (C=O) groups is 3. The SMILES string of the molecule is COc1ccc2c3c1O[C@H]1C(=O)CC[C@H]4[C@@H](C2)N(C)CC[C@]314.O=C(O)C(O)C(O)C(=O)O. The van der Waals surface area contributed by atoms with E-state index in [1.54, 1.807) is 7.11 Å². The Hall–Kier alpha value is -2.69. The Morgan fingerprint density at radius 2 is 1.88 bits per heavy atom. The molecule has 2 heterocycles. The summed E-state index contributed by atoms with van der Waals surface area (Å²) >= 11 is 0. The van der Waals surface area contributed by atoms with Crippen LogP contribution in [0.1, 0.15) is 30.4 Å². The summed E-state index contributed by atoms with van der Waals surface area (Å²) in [5, 5.41) is 32.5. The van der Waals surface area contributed by atoms with Crippen molar-refractivity contribution in [3.05, 3.63) is 23.3 Å². The number of aliphatic hydroxyl groups is 2. The second-order valence-electron chi connectivity index (χ2n) is 8.85. The lowest BCUT2D eigenvalue weighted by molar-refractivity contribution is -0.165. The highest BCUT2D eigenvalue weighted by Crippen LogP contribution is 2.63. The van der Waals surface area contributed by atoms with E-state index in [0.29, 0.717) is 18.4 Å². The topological polar surface area (TPSA) is 154 Å². The normalized spacial score (nSPS) is 31.4. The lowest BCUT2D eigenvalue weighted by Crippen LogP contribution is -2.65. The minimum atomic E-state index is -2.27. The third kappa shape index (κ3) is 3.16. The minimum Gasteiger partial charge on any atom is -0.493 e. The number of hydrogen-bond donors (Lipinski definition) is 4. The molecule has 4 aliphatic rings. The van der Waals surface area contributed by atoms with Gasteiger partial charge >= 0.3 is 11.9 Å². The van der Waals surface area contributed by atoms with Crippen molar-refractivity contribution >= 4 is 17.7 Å². The first kappa shape index (κ1) is 22.5. The number of Topliss-reactive ketones (excluding diaryl/α,β-unsaturated/α-hetero) is 1. The molecule has 5 rings (SSSR count). The average Bonchev–Trinajstić information content (AvgIpc) is 3.12. The van der Waals surface area contributed by atoms with E-state index < -0.39 is 24.1 Å². The molecular weight excluding hydrogens is 422 g/mol. The number of aliphatic carboxylic acids is 2. The second kappa shape index (κ2) is 8.02. The van der Waals surface area contributed by atoms with Crippen molar-refractivity contribution in [1.29, 1.82) is 0 Å². The van der Waals surface area contributed by atoms with Gasteiger partial charge in [-0.15, -0.1) is 0 Å². The van der Waals surface area contributed by atoms with Crippen LogP contribution in [0.5, 0.6) is 11.5 Å². The molecule has 1 aromatic rings. The van der Waals surface area contributed by atoms with Crippen LogP contribution in [-0.4, -0.2) is 88.1 Å². The summed E-state index contributed by atoms with van der Waals surface area (Å²) in [4.78, 5) is 34.7. The summed E-state index contributed by atoms with van der Waals surface area (Å²) in [5.41, 5.74) is 2.57.